The number of benzene rings is 1. The largest absolute Gasteiger partial charge is 0.351 e. The van der Waals surface area contributed by atoms with Crippen molar-refractivity contribution in [3.05, 3.63) is 92.2 Å². The standard InChI is InChI=1S/C28H31IN2OS/c29-24-6-3-4-21(18-24)19-30-27(32)25(23-10-17-33-20-23)9-14-31-15-12-28(13-16-31)11-8-22-5-1-2-7-26(22)28/h1-8,10-11,17-18,20,22,25-26H,9,12-16,19H2,(H,30,32)/t22?,25-,26?/m0/s1. The van der Waals surface area contributed by atoms with Gasteiger partial charge in [-0.15, -0.1) is 0 Å². The molecule has 0 bridgehead atoms. The minimum absolute atomic E-state index is 0.0860. The summed E-state index contributed by atoms with van der Waals surface area (Å²) in [5.74, 6) is 1.27. The maximum atomic E-state index is 13.2. The van der Waals surface area contributed by atoms with Crippen molar-refractivity contribution in [2.24, 2.45) is 17.3 Å². The molecule has 1 aromatic carbocycles. The Hall–Kier alpha value is -1.70. The Labute approximate surface area is 214 Å². The smallest absolute Gasteiger partial charge is 0.227 e. The molecule has 1 saturated heterocycles. The summed E-state index contributed by atoms with van der Waals surface area (Å²) in [5.41, 5.74) is 2.63. The topological polar surface area (TPSA) is 32.3 Å². The maximum absolute atomic E-state index is 13.2. The monoisotopic (exact) mass is 570 g/mol. The number of carbonyl (C=O) groups excluding carboxylic acids is 1. The molecule has 1 aliphatic heterocycles. The number of halogens is 1. The van der Waals surface area contributed by atoms with Crippen molar-refractivity contribution in [2.45, 2.75) is 31.7 Å². The van der Waals surface area contributed by atoms with E-state index >= 15 is 0 Å². The van der Waals surface area contributed by atoms with Crippen LogP contribution < -0.4 is 5.32 Å². The predicted octanol–water partition coefficient (Wildman–Crippen LogP) is 6.15. The number of piperidine rings is 1. The number of thiophene rings is 1. The van der Waals surface area contributed by atoms with E-state index in [0.717, 1.165) is 37.2 Å². The molecule has 0 radical (unpaired) electrons. The molecule has 5 heteroatoms. The van der Waals surface area contributed by atoms with E-state index in [1.54, 1.807) is 11.3 Å². The average Bonchev–Trinajstić information content (AvgIpc) is 3.49. The maximum Gasteiger partial charge on any atom is 0.227 e. The summed E-state index contributed by atoms with van der Waals surface area (Å²) in [7, 11) is 0. The molecule has 1 aromatic heterocycles. The Morgan fingerprint density at radius 2 is 2.03 bits per heavy atom. The number of rotatable bonds is 7. The fourth-order valence-electron chi connectivity index (χ4n) is 5.68. The third-order valence-corrected chi connectivity index (χ3v) is 9.00. The summed E-state index contributed by atoms with van der Waals surface area (Å²) in [5, 5.41) is 7.40. The van der Waals surface area contributed by atoms with Gasteiger partial charge in [0.2, 0.25) is 5.91 Å². The summed E-state index contributed by atoms with van der Waals surface area (Å²) >= 11 is 3.99. The molecule has 3 aliphatic rings. The zero-order valence-corrected chi connectivity index (χ0v) is 21.8. The second-order valence-corrected chi connectivity index (χ2v) is 11.6. The van der Waals surface area contributed by atoms with Gasteiger partial charge in [-0.1, -0.05) is 48.6 Å². The van der Waals surface area contributed by atoms with Gasteiger partial charge in [-0.25, -0.2) is 0 Å². The number of allylic oxidation sites excluding steroid dienone is 6. The van der Waals surface area contributed by atoms with Crippen molar-refractivity contribution in [1.82, 2.24) is 10.2 Å². The first-order chi connectivity index (χ1) is 16.1. The molecule has 3 nitrogen and oxygen atoms in total. The molecule has 1 N–H and O–H groups in total. The Kier molecular flexibility index (Phi) is 7.18. The second-order valence-electron chi connectivity index (χ2n) is 9.55. The third-order valence-electron chi connectivity index (χ3n) is 7.63. The van der Waals surface area contributed by atoms with Gasteiger partial charge in [0.15, 0.2) is 0 Å². The minimum Gasteiger partial charge on any atom is -0.351 e. The van der Waals surface area contributed by atoms with Gasteiger partial charge < -0.3 is 10.2 Å². The average molecular weight is 571 g/mol. The van der Waals surface area contributed by atoms with Gasteiger partial charge in [-0.05, 0) is 113 Å². The quantitative estimate of drug-likeness (QED) is 0.320. The first kappa shape index (κ1) is 23.1. The van der Waals surface area contributed by atoms with Crippen LogP contribution in [0.15, 0.2) is 77.5 Å². The third kappa shape index (κ3) is 5.20. The molecule has 5 rings (SSSR count). The number of hydrogen-bond acceptors (Lipinski definition) is 3. The lowest BCUT2D eigenvalue weighted by molar-refractivity contribution is -0.123. The van der Waals surface area contributed by atoms with Crippen LogP contribution in [-0.4, -0.2) is 30.4 Å². The Bertz CT molecular complexity index is 1050. The molecule has 2 heterocycles. The highest BCUT2D eigenvalue weighted by Gasteiger charge is 2.44. The number of likely N-dealkylation sites (tertiary alicyclic amines) is 1. The lowest BCUT2D eigenvalue weighted by atomic mass is 9.67. The predicted molar refractivity (Wildman–Crippen MR) is 145 cm³/mol. The number of hydrogen-bond donors (Lipinski definition) is 1. The van der Waals surface area contributed by atoms with E-state index in [-0.39, 0.29) is 11.8 Å². The molecule has 1 fully saturated rings. The van der Waals surface area contributed by atoms with Gasteiger partial charge in [0.05, 0.1) is 5.92 Å². The first-order valence-electron chi connectivity index (χ1n) is 11.9. The molecule has 2 aromatic rings. The van der Waals surface area contributed by atoms with Crippen LogP contribution >= 0.6 is 33.9 Å². The molecule has 2 unspecified atom stereocenters. The molecule has 3 atom stereocenters. The molecule has 2 aliphatic carbocycles. The van der Waals surface area contributed by atoms with E-state index in [1.807, 2.05) is 6.07 Å². The first-order valence-corrected chi connectivity index (χ1v) is 14.0. The SMILES string of the molecule is O=C(NCc1cccc(I)c1)[C@@H](CCN1CCC2(C=CC3C=CC=CC32)CC1)c1ccsc1. The highest BCUT2D eigenvalue weighted by molar-refractivity contribution is 14.1. The van der Waals surface area contributed by atoms with Gasteiger partial charge in [0, 0.05) is 16.0 Å². The van der Waals surface area contributed by atoms with Crippen LogP contribution in [0.4, 0.5) is 0 Å². The highest BCUT2D eigenvalue weighted by Crippen LogP contribution is 2.50. The lowest BCUT2D eigenvalue weighted by Gasteiger charge is -2.43. The Morgan fingerprint density at radius 3 is 2.82 bits per heavy atom. The van der Waals surface area contributed by atoms with Crippen molar-refractivity contribution < 1.29 is 4.79 Å². The van der Waals surface area contributed by atoms with E-state index < -0.39 is 0 Å². The second kappa shape index (κ2) is 10.3. The van der Waals surface area contributed by atoms with Crippen molar-refractivity contribution in [3.8, 4) is 0 Å². The number of nitrogens with zero attached hydrogens (tertiary/aromatic N) is 1. The van der Waals surface area contributed by atoms with E-state index in [2.05, 4.69) is 104 Å². The van der Waals surface area contributed by atoms with Crippen molar-refractivity contribution in [1.29, 1.82) is 0 Å². The molecular formula is C28H31IN2OS. The van der Waals surface area contributed by atoms with Crippen LogP contribution in [0.25, 0.3) is 0 Å². The van der Waals surface area contributed by atoms with E-state index in [1.165, 1.54) is 16.4 Å². The molecule has 0 saturated carbocycles. The summed E-state index contributed by atoms with van der Waals surface area (Å²) < 4.78 is 1.19. The normalized spacial score (nSPS) is 24.2. The van der Waals surface area contributed by atoms with Gasteiger partial charge in [-0.3, -0.25) is 4.79 Å². The number of carbonyl (C=O) groups is 1. The zero-order chi connectivity index (χ0) is 22.7. The van der Waals surface area contributed by atoms with Gasteiger partial charge >= 0.3 is 0 Å². The minimum atomic E-state index is -0.0860. The zero-order valence-electron chi connectivity index (χ0n) is 18.8. The summed E-state index contributed by atoms with van der Waals surface area (Å²) in [6.45, 7) is 3.79. The Balaban J connectivity index is 1.17. The van der Waals surface area contributed by atoms with Gasteiger partial charge in [-0.2, -0.15) is 11.3 Å². The van der Waals surface area contributed by atoms with E-state index in [0.29, 0.717) is 23.8 Å². The lowest BCUT2D eigenvalue weighted by Crippen LogP contribution is -2.43. The van der Waals surface area contributed by atoms with E-state index in [4.69, 9.17) is 0 Å². The van der Waals surface area contributed by atoms with Crippen LogP contribution in [0.3, 0.4) is 0 Å². The number of nitrogens with one attached hydrogen (secondary N) is 1. The van der Waals surface area contributed by atoms with Crippen molar-refractivity contribution in [3.63, 3.8) is 0 Å². The molecule has 1 spiro atoms. The fraction of sp³-hybridized carbons (Fsp3) is 0.393. The fourth-order valence-corrected chi connectivity index (χ4v) is 7.01. The summed E-state index contributed by atoms with van der Waals surface area (Å²) in [4.78, 5) is 15.8. The number of fused-ring (bicyclic) bond motifs is 2. The van der Waals surface area contributed by atoms with Crippen LogP contribution in [0.1, 0.15) is 36.3 Å². The van der Waals surface area contributed by atoms with Gasteiger partial charge in [0.1, 0.15) is 0 Å². The molecule has 33 heavy (non-hydrogen) atoms. The van der Waals surface area contributed by atoms with Crippen LogP contribution in [0.5, 0.6) is 0 Å². The van der Waals surface area contributed by atoms with Crippen LogP contribution in [0, 0.1) is 20.8 Å². The highest BCUT2D eigenvalue weighted by atomic mass is 127. The molecular weight excluding hydrogens is 539 g/mol. The summed E-state index contributed by atoms with van der Waals surface area (Å²) in [6.07, 6.45) is 17.4. The number of amides is 1. The van der Waals surface area contributed by atoms with Crippen molar-refractivity contribution >= 4 is 39.8 Å². The molecule has 172 valence electrons. The van der Waals surface area contributed by atoms with Gasteiger partial charge in [0.25, 0.3) is 0 Å². The van der Waals surface area contributed by atoms with E-state index in [9.17, 15) is 4.79 Å². The van der Waals surface area contributed by atoms with Crippen LogP contribution in [-0.2, 0) is 11.3 Å². The van der Waals surface area contributed by atoms with Crippen molar-refractivity contribution in [2.75, 3.05) is 19.6 Å². The van der Waals surface area contributed by atoms with Crippen LogP contribution in [0.2, 0.25) is 0 Å². The Morgan fingerprint density at radius 1 is 1.18 bits per heavy atom. The molecule has 1 amide bonds. The summed E-state index contributed by atoms with van der Waals surface area (Å²) in [6, 6.07) is 10.4.